The molecule has 1 amide bonds. The van der Waals surface area contributed by atoms with Crippen LogP contribution in [0.1, 0.15) is 61.3 Å². The number of amides is 1. The lowest BCUT2D eigenvalue weighted by Gasteiger charge is -2.27. The van der Waals surface area contributed by atoms with Crippen LogP contribution in [-0.2, 0) is 18.3 Å². The zero-order valence-electron chi connectivity index (χ0n) is 24.3. The minimum absolute atomic E-state index is 0.0430. The quantitative estimate of drug-likeness (QED) is 0.284. The molecule has 1 N–H and O–H groups in total. The lowest BCUT2D eigenvalue weighted by molar-refractivity contribution is -0.388. The van der Waals surface area contributed by atoms with Crippen molar-refractivity contribution < 1.29 is 33.5 Å². The van der Waals surface area contributed by atoms with E-state index < -0.39 is 40.3 Å². The van der Waals surface area contributed by atoms with Gasteiger partial charge in [-0.05, 0) is 73.3 Å². The maximum absolute atomic E-state index is 14.4. The molecule has 13 nitrogen and oxygen atoms in total. The fourth-order valence-corrected chi connectivity index (χ4v) is 5.09. The first-order valence-electron chi connectivity index (χ1n) is 13.2. The summed E-state index contributed by atoms with van der Waals surface area (Å²) in [6.45, 7) is 5.72. The number of benzene rings is 1. The zero-order chi connectivity index (χ0) is 30.9. The molecule has 4 rings (SSSR count). The van der Waals surface area contributed by atoms with Gasteiger partial charge in [-0.25, -0.2) is 18.7 Å². The van der Waals surface area contributed by atoms with Gasteiger partial charge in [0.25, 0.3) is 0 Å². The van der Waals surface area contributed by atoms with Crippen molar-refractivity contribution in [1.82, 2.24) is 19.7 Å². The largest absolute Gasteiger partial charge is 0.481 e. The Morgan fingerprint density at radius 2 is 1.98 bits per heavy atom. The van der Waals surface area contributed by atoms with Gasteiger partial charge in [-0.2, -0.15) is 5.10 Å². The van der Waals surface area contributed by atoms with Gasteiger partial charge in [0.2, 0.25) is 5.88 Å². The van der Waals surface area contributed by atoms with Crippen molar-refractivity contribution in [2.24, 2.45) is 7.05 Å². The number of aromatic carboxylic acids is 1. The first kappa shape index (κ1) is 30.2. The van der Waals surface area contributed by atoms with Gasteiger partial charge in [-0.15, -0.1) is 0 Å². The topological polar surface area (TPSA) is 153 Å². The maximum atomic E-state index is 14.4. The number of rotatable bonds is 8. The molecule has 1 aromatic carbocycles. The van der Waals surface area contributed by atoms with Gasteiger partial charge < -0.3 is 34.5 Å². The van der Waals surface area contributed by atoms with E-state index in [4.69, 9.17) is 9.47 Å². The van der Waals surface area contributed by atoms with Crippen LogP contribution in [0.25, 0.3) is 11.1 Å². The summed E-state index contributed by atoms with van der Waals surface area (Å²) in [5.41, 5.74) is 1.03. The number of ether oxygens (including phenoxy) is 2. The summed E-state index contributed by atoms with van der Waals surface area (Å²) in [6, 6.07) is 4.63. The number of carboxylic acids is 1. The van der Waals surface area contributed by atoms with E-state index in [-0.39, 0.29) is 17.8 Å². The van der Waals surface area contributed by atoms with Crippen molar-refractivity contribution in [2.45, 2.75) is 51.8 Å². The van der Waals surface area contributed by atoms with Gasteiger partial charge in [0.05, 0.1) is 36.5 Å². The number of pyridine rings is 1. The number of carbonyl (C=O) groups is 2. The van der Waals surface area contributed by atoms with Crippen molar-refractivity contribution in [2.75, 3.05) is 25.6 Å². The maximum Gasteiger partial charge on any atom is 0.410 e. The SMILES string of the molecule is COc1c(-c2cnc([N+](=O)[O-])c(N3CCC[C@@H]3c3cc(F)cc(C(=O)O)c3)c2)c(CN(C)C(=O)OC(C)(C)C)nn1C. The van der Waals surface area contributed by atoms with Crippen LogP contribution < -0.4 is 9.64 Å². The summed E-state index contributed by atoms with van der Waals surface area (Å²) < 4.78 is 26.9. The van der Waals surface area contributed by atoms with E-state index in [1.165, 1.54) is 35.0 Å². The number of hydrogen-bond donors (Lipinski definition) is 1. The van der Waals surface area contributed by atoms with Gasteiger partial charge in [0.15, 0.2) is 0 Å². The smallest absolute Gasteiger partial charge is 0.410 e. The number of aryl methyl sites for hydroxylation is 1. The van der Waals surface area contributed by atoms with Gasteiger partial charge in [0, 0.05) is 26.2 Å². The summed E-state index contributed by atoms with van der Waals surface area (Å²) in [5, 5.41) is 26.0. The molecule has 42 heavy (non-hydrogen) atoms. The summed E-state index contributed by atoms with van der Waals surface area (Å²) in [5.74, 6) is -2.05. The molecule has 0 saturated carbocycles. The summed E-state index contributed by atoms with van der Waals surface area (Å²) >= 11 is 0. The molecular weight excluding hydrogens is 551 g/mol. The molecule has 0 aliphatic carbocycles. The summed E-state index contributed by atoms with van der Waals surface area (Å²) in [4.78, 5) is 43.0. The van der Waals surface area contributed by atoms with Crippen LogP contribution in [0.3, 0.4) is 0 Å². The van der Waals surface area contributed by atoms with Crippen LogP contribution in [0.15, 0.2) is 30.5 Å². The number of methoxy groups -OCH3 is 1. The molecule has 3 aromatic rings. The summed E-state index contributed by atoms with van der Waals surface area (Å²) in [6.07, 6.45) is 1.93. The normalized spacial score (nSPS) is 15.0. The Bertz CT molecular complexity index is 1530. The fourth-order valence-electron chi connectivity index (χ4n) is 5.09. The second kappa shape index (κ2) is 11.6. The predicted molar refractivity (Wildman–Crippen MR) is 150 cm³/mol. The highest BCUT2D eigenvalue weighted by atomic mass is 19.1. The molecular formula is C28H33FN6O7. The average Bonchev–Trinajstić information content (AvgIpc) is 3.51. The molecule has 0 unspecified atom stereocenters. The van der Waals surface area contributed by atoms with Crippen molar-refractivity contribution in [3.05, 3.63) is 63.2 Å². The second-order valence-electron chi connectivity index (χ2n) is 11.0. The number of anilines is 1. The molecule has 1 saturated heterocycles. The number of aromatic nitrogens is 3. The van der Waals surface area contributed by atoms with Crippen LogP contribution in [0.5, 0.6) is 5.88 Å². The average molecular weight is 585 g/mol. The van der Waals surface area contributed by atoms with Crippen LogP contribution in [0, 0.1) is 15.9 Å². The number of carbonyl (C=O) groups excluding carboxylic acids is 1. The molecule has 0 spiro atoms. The standard InChI is InChI=1S/C28H33FN6O7/c1-28(2,3)42-27(38)32(4)15-20-23(25(41-6)33(5)31-20)18-13-22(24(30-14-18)35(39)40)34-9-7-8-21(34)16-10-17(26(36)37)12-19(29)11-16/h10-14,21H,7-9,15H2,1-6H3,(H,36,37)/t21-/m1/s1. The lowest BCUT2D eigenvalue weighted by Crippen LogP contribution is -2.34. The molecule has 3 heterocycles. The van der Waals surface area contributed by atoms with Crippen LogP contribution in [0.4, 0.5) is 20.7 Å². The van der Waals surface area contributed by atoms with Crippen molar-refractivity contribution in [3.63, 3.8) is 0 Å². The molecule has 1 fully saturated rings. The first-order valence-corrected chi connectivity index (χ1v) is 13.2. The molecule has 224 valence electrons. The Kier molecular flexibility index (Phi) is 8.36. The third-order valence-corrected chi connectivity index (χ3v) is 6.78. The monoisotopic (exact) mass is 584 g/mol. The Morgan fingerprint density at radius 3 is 2.60 bits per heavy atom. The van der Waals surface area contributed by atoms with Crippen LogP contribution >= 0.6 is 0 Å². The van der Waals surface area contributed by atoms with Crippen molar-refractivity contribution >= 4 is 23.6 Å². The third kappa shape index (κ3) is 6.26. The van der Waals surface area contributed by atoms with E-state index in [1.807, 2.05) is 0 Å². The number of nitrogens with zero attached hydrogens (tertiary/aromatic N) is 6. The zero-order valence-corrected chi connectivity index (χ0v) is 24.3. The van der Waals surface area contributed by atoms with Crippen LogP contribution in [-0.4, -0.2) is 68.1 Å². The fraction of sp³-hybridized carbons (Fsp3) is 0.429. The van der Waals surface area contributed by atoms with E-state index in [2.05, 4.69) is 10.1 Å². The molecule has 2 aromatic heterocycles. The first-order chi connectivity index (χ1) is 19.7. The molecule has 0 bridgehead atoms. The Balaban J connectivity index is 1.80. The second-order valence-corrected chi connectivity index (χ2v) is 11.0. The van der Waals surface area contributed by atoms with Gasteiger partial charge in [0.1, 0.15) is 23.3 Å². The molecule has 14 heteroatoms. The van der Waals surface area contributed by atoms with Gasteiger partial charge in [-0.3, -0.25) is 0 Å². The molecule has 0 radical (unpaired) electrons. The minimum atomic E-state index is -1.28. The highest BCUT2D eigenvalue weighted by molar-refractivity contribution is 5.88. The van der Waals surface area contributed by atoms with E-state index in [0.29, 0.717) is 47.7 Å². The number of hydrogen-bond acceptors (Lipinski definition) is 9. The van der Waals surface area contributed by atoms with E-state index in [0.717, 1.165) is 6.07 Å². The molecule has 1 aliphatic rings. The number of nitro groups is 1. The number of halogens is 1. The van der Waals surface area contributed by atoms with Crippen LogP contribution in [0.2, 0.25) is 0 Å². The Labute approximate surface area is 241 Å². The van der Waals surface area contributed by atoms with Crippen molar-refractivity contribution in [1.29, 1.82) is 0 Å². The minimum Gasteiger partial charge on any atom is -0.481 e. The Morgan fingerprint density at radius 1 is 1.26 bits per heavy atom. The number of carboxylic acid groups (broad SMARTS) is 1. The highest BCUT2D eigenvalue weighted by Gasteiger charge is 2.34. The molecule has 1 aliphatic heterocycles. The molecule has 1 atom stereocenters. The van der Waals surface area contributed by atoms with E-state index in [9.17, 15) is 29.2 Å². The van der Waals surface area contributed by atoms with E-state index in [1.54, 1.807) is 45.8 Å². The Hall–Kier alpha value is -4.75. The highest BCUT2D eigenvalue weighted by Crippen LogP contribution is 2.43. The van der Waals surface area contributed by atoms with E-state index >= 15 is 0 Å². The summed E-state index contributed by atoms with van der Waals surface area (Å²) in [7, 11) is 4.69. The van der Waals surface area contributed by atoms with Gasteiger partial charge in [-0.1, -0.05) is 0 Å². The third-order valence-electron chi connectivity index (χ3n) is 6.78. The van der Waals surface area contributed by atoms with Crippen molar-refractivity contribution in [3.8, 4) is 17.0 Å². The predicted octanol–water partition coefficient (Wildman–Crippen LogP) is 4.94. The lowest BCUT2D eigenvalue weighted by atomic mass is 10.0. The van der Waals surface area contributed by atoms with Gasteiger partial charge >= 0.3 is 17.9 Å².